The fourth-order valence-electron chi connectivity index (χ4n) is 27.4. The van der Waals surface area contributed by atoms with Gasteiger partial charge in [-0.3, -0.25) is 0 Å². The molecule has 492 valence electrons. The minimum Gasteiger partial charge on any atom is -0.454 e. The van der Waals surface area contributed by atoms with Crippen LogP contribution >= 0.6 is 21.6 Å². The Bertz CT molecular complexity index is 3650. The molecule has 0 aromatic heterocycles. The molecule has 12 fully saturated rings. The molecule has 3 aromatic rings. The van der Waals surface area contributed by atoms with Crippen molar-refractivity contribution in [3.05, 3.63) is 118 Å². The first kappa shape index (κ1) is 61.4. The van der Waals surface area contributed by atoms with E-state index in [-0.39, 0.29) is 84.6 Å². The minimum atomic E-state index is -2.27. The molecule has 12 heteroatoms. The van der Waals surface area contributed by atoms with E-state index in [4.69, 9.17) is 9.47 Å². The maximum Gasteiger partial charge on any atom is 0.331 e. The summed E-state index contributed by atoms with van der Waals surface area (Å²) in [6.45, 7) is 2.29. The highest BCUT2D eigenvalue weighted by molar-refractivity contribution is 8.76. The van der Waals surface area contributed by atoms with Crippen molar-refractivity contribution in [1.29, 1.82) is 0 Å². The molecule has 10 nitrogen and oxygen atoms in total. The summed E-state index contributed by atoms with van der Waals surface area (Å²) in [5, 5.41) is 76.8. The largest absolute Gasteiger partial charge is 0.454 e. The molecule has 28 atom stereocenters. The van der Waals surface area contributed by atoms with Crippen LogP contribution in [0.5, 0.6) is 0 Å². The third-order valence-corrected chi connectivity index (χ3v) is 33.5. The van der Waals surface area contributed by atoms with Crippen molar-refractivity contribution in [3.63, 3.8) is 0 Å². The number of aldehydes is 1. The third-order valence-electron chi connectivity index (χ3n) is 30.9. The molecular weight excluding hydrogens is 1200 g/mol. The molecule has 3 heterocycles. The van der Waals surface area contributed by atoms with Crippen molar-refractivity contribution in [2.24, 2.45) is 105 Å². The number of esters is 1. The predicted molar refractivity (Wildman–Crippen MR) is 361 cm³/mol. The van der Waals surface area contributed by atoms with E-state index in [0.717, 1.165) is 103 Å². The van der Waals surface area contributed by atoms with E-state index < -0.39 is 74.3 Å². The van der Waals surface area contributed by atoms with Crippen molar-refractivity contribution < 1.29 is 44.6 Å². The average Bonchev–Trinajstić information content (AvgIpc) is 1.12. The molecule has 19 rings (SSSR count). The highest BCUT2D eigenvalue weighted by Gasteiger charge is 2.88. The summed E-state index contributed by atoms with van der Waals surface area (Å²) in [7, 11) is 6.01. The molecule has 13 aliphatic carbocycles. The normalized spacial score (nSPS) is 50.1. The molecule has 2 saturated heterocycles. The Balaban J connectivity index is 0.849. The molecule has 0 unspecified atom stereocenters. The molecule has 3 aliphatic heterocycles. The van der Waals surface area contributed by atoms with Crippen LogP contribution in [0.15, 0.2) is 84.4 Å². The van der Waals surface area contributed by atoms with E-state index >= 15 is 20.1 Å². The van der Waals surface area contributed by atoms with Gasteiger partial charge in [-0.05, 0) is 240 Å². The van der Waals surface area contributed by atoms with E-state index in [0.29, 0.717) is 87.9 Å². The molecule has 10 saturated carbocycles. The Labute approximate surface area is 558 Å². The maximum absolute atomic E-state index is 16.2. The number of fused-ring (bicyclic) bond motifs is 11. The lowest BCUT2D eigenvalue weighted by Crippen LogP contribution is -2.87. The fourth-order valence-corrected chi connectivity index (χ4v) is 30.1. The molecule has 0 amide bonds. The molecule has 6 N–H and O–H groups in total. The fraction of sp³-hybridized carbons (Fsp3) is 0.679. The zero-order valence-electron chi connectivity index (χ0n) is 54.6. The lowest BCUT2D eigenvalue weighted by Gasteiger charge is -2.76. The van der Waals surface area contributed by atoms with Crippen molar-refractivity contribution in [3.8, 4) is 23.7 Å². The number of hydrogen-bond acceptors (Lipinski definition) is 12. The second-order valence-electron chi connectivity index (χ2n) is 33.9. The summed E-state index contributed by atoms with van der Waals surface area (Å²) in [5.74, 6) is 16.8. The van der Waals surface area contributed by atoms with E-state index in [2.05, 4.69) is 103 Å². The predicted octanol–water partition coefficient (Wildman–Crippen LogP) is 12.1. The number of nitrogens with one attached hydrogen (secondary N) is 1. The Hall–Kier alpha value is -3.92. The molecule has 93 heavy (non-hydrogen) atoms. The van der Waals surface area contributed by atoms with Crippen molar-refractivity contribution >= 4 is 33.8 Å². The van der Waals surface area contributed by atoms with Crippen LogP contribution in [0, 0.1) is 128 Å². The number of ether oxygens (including phenoxy) is 2. The van der Waals surface area contributed by atoms with Crippen molar-refractivity contribution in [2.45, 2.75) is 214 Å². The van der Waals surface area contributed by atoms with Crippen LogP contribution in [-0.2, 0) is 38.5 Å². The van der Waals surface area contributed by atoms with E-state index in [9.17, 15) is 15.0 Å². The summed E-state index contributed by atoms with van der Waals surface area (Å²) in [6.07, 6.45) is 16.5. The van der Waals surface area contributed by atoms with Gasteiger partial charge in [0.25, 0.3) is 0 Å². The van der Waals surface area contributed by atoms with Gasteiger partial charge >= 0.3 is 5.97 Å². The third kappa shape index (κ3) is 8.50. The Morgan fingerprint density at radius 2 is 1.54 bits per heavy atom. The molecule has 13 bridgehead atoms. The molecule has 3 spiro atoms. The van der Waals surface area contributed by atoms with E-state index in [1.807, 2.05) is 34.7 Å². The molecule has 3 aromatic carbocycles. The Morgan fingerprint density at radius 1 is 0.753 bits per heavy atom. The summed E-state index contributed by atoms with van der Waals surface area (Å²) in [6, 6.07) is 25.7. The topological polar surface area (TPSA) is 166 Å². The van der Waals surface area contributed by atoms with Crippen LogP contribution in [0.4, 0.5) is 0 Å². The highest BCUT2D eigenvalue weighted by Crippen LogP contribution is 2.82. The summed E-state index contributed by atoms with van der Waals surface area (Å²) >= 11 is 0. The first-order chi connectivity index (χ1) is 45.1. The zero-order valence-corrected chi connectivity index (χ0v) is 56.2. The number of hydrogen-bond donors (Lipinski definition) is 6. The number of likely N-dealkylation sites (N-methyl/N-ethyl adjacent to an activating group) is 1. The lowest BCUT2D eigenvalue weighted by atomic mass is 9.31. The van der Waals surface area contributed by atoms with E-state index in [1.165, 1.54) is 24.0 Å². The summed E-state index contributed by atoms with van der Waals surface area (Å²) < 4.78 is 14.6. The maximum atomic E-state index is 16.2. The van der Waals surface area contributed by atoms with Gasteiger partial charge in [-0.1, -0.05) is 125 Å². The number of carbonyl (C=O) groups excluding carboxylic acids is 2. The van der Waals surface area contributed by atoms with Gasteiger partial charge in [0.1, 0.15) is 23.6 Å². The van der Waals surface area contributed by atoms with Crippen LogP contribution in [0.1, 0.15) is 181 Å². The van der Waals surface area contributed by atoms with Gasteiger partial charge in [-0.2, -0.15) is 0 Å². The van der Waals surface area contributed by atoms with Crippen LogP contribution in [0.3, 0.4) is 0 Å². The standard InChI is InChI=1S/C81H97NO9S2/c1-46-51-17-16-47(30-51)41-92-93-42-59-35-58-32-56-31-53(48-10-5-3-6-11-48)21-22-65(56)78(58)44-77(45-84)69-26-29-76-43-75-27-24-54(38-75)60(49-12-7-4-8-13-49)15-9-14-50-18-19-55(40-83)62(61(50)25-28-75)36-68(82-2)63-33-57(71(76)64-37-70(85)91-72(63)64)39-79(76,87)81(69,89)73(86)67-34-52(46)20-23-66(74(78)90-59)80(67,77)88/h3-8,10-13,18-19,37,45-47,51-54,56-60,63,65-69,71-74,82-83,86-89H,14,16-17,20-24,26-27,29-36,38-44H2,1-2H3/t46-,47-,51+,52-,53-,54-,56-,57+,58+,59+,60-,63-,65-,66+,67-,68+,69+,71+,72+,73+,74+,75+,76-,77-,78-,79+,80+,81+/m0/s1. The van der Waals surface area contributed by atoms with Crippen LogP contribution < -0.4 is 5.32 Å². The van der Waals surface area contributed by atoms with Gasteiger partial charge in [0.15, 0.2) is 0 Å². The van der Waals surface area contributed by atoms with Gasteiger partial charge in [0, 0.05) is 81.4 Å². The Morgan fingerprint density at radius 3 is 2.34 bits per heavy atom. The van der Waals surface area contributed by atoms with Crippen molar-refractivity contribution in [2.75, 3.05) is 18.6 Å². The SMILES string of the molecule is CN[C@@H]1Cc2c(CO)ccc3c2C#C[C@@]2(CC[C@@H](C2)[C@H](c2ccccc2)C#CC3)C[C@]23CC[C@H]4[C@@](O)([C@H](O)[C@@H]5C[C@@H]6CC[C@@H]7[C@H]8O[C@@H](CSSC[C@H]9CC[C@H](C9)[C@@H]6C)C[C@H]6C[C@@H]9C[C@@H](c%10ccccc%10)CC[C@@H]9[C@]68C[C@@]4(C=O)[C@@]75O)[C@@]2(O)C[C@H]2C[C@@H]1[C@H]1OC(=O)C=C1[C@@H]23. The number of aliphatic hydroxyl groups excluding tert-OH is 2. The molecule has 0 radical (unpaired) electrons. The summed E-state index contributed by atoms with van der Waals surface area (Å²) in [4.78, 5) is 30.7. The van der Waals surface area contributed by atoms with Gasteiger partial charge in [-0.25, -0.2) is 4.79 Å². The minimum absolute atomic E-state index is 0.00347. The van der Waals surface area contributed by atoms with Crippen molar-refractivity contribution in [1.82, 2.24) is 5.32 Å². The molecular formula is C81H97NO9S2. The van der Waals surface area contributed by atoms with Gasteiger partial charge < -0.3 is 45.1 Å². The van der Waals surface area contributed by atoms with Gasteiger partial charge in [-0.15, -0.1) is 0 Å². The van der Waals surface area contributed by atoms with Crippen LogP contribution in [-0.4, -0.2) is 104 Å². The number of rotatable bonds is 5. The number of carbonyl (C=O) groups is 2. The van der Waals surface area contributed by atoms with Gasteiger partial charge in [0.05, 0.1) is 35.9 Å². The van der Waals surface area contributed by atoms with Crippen LogP contribution in [0.25, 0.3) is 0 Å². The van der Waals surface area contributed by atoms with Crippen LogP contribution in [0.2, 0.25) is 0 Å². The number of benzene rings is 3. The van der Waals surface area contributed by atoms with Gasteiger partial charge in [0.2, 0.25) is 0 Å². The monoisotopic (exact) mass is 1290 g/mol. The summed E-state index contributed by atoms with van der Waals surface area (Å²) in [5.41, 5.74) is -2.76. The second kappa shape index (κ2) is 22.3. The highest BCUT2D eigenvalue weighted by atomic mass is 33.1. The Kier molecular flexibility index (Phi) is 14.7. The number of aliphatic hydroxyl groups is 5. The van der Waals surface area contributed by atoms with E-state index in [1.54, 1.807) is 6.08 Å². The molecule has 16 aliphatic rings. The quantitative estimate of drug-likeness (QED) is 0.0621. The average molecular weight is 1290 g/mol. The first-order valence-corrected chi connectivity index (χ1v) is 39.3. The lowest BCUT2D eigenvalue weighted by molar-refractivity contribution is -0.394. The second-order valence-corrected chi connectivity index (χ2v) is 36.4. The zero-order chi connectivity index (χ0) is 63.2. The first-order valence-electron chi connectivity index (χ1n) is 36.8. The smallest absolute Gasteiger partial charge is 0.331 e.